The Hall–Kier alpha value is -1.10. The molecule has 2 N–H and O–H groups in total. The molecule has 0 saturated carbocycles. The van der Waals surface area contributed by atoms with Gasteiger partial charge in [0.05, 0.1) is 13.2 Å². The molecule has 1 aliphatic heterocycles. The van der Waals surface area contributed by atoms with Crippen molar-refractivity contribution in [2.24, 2.45) is 0 Å². The molecule has 17 heavy (non-hydrogen) atoms. The van der Waals surface area contributed by atoms with Gasteiger partial charge in [0, 0.05) is 0 Å². The van der Waals surface area contributed by atoms with E-state index in [0.717, 1.165) is 37.2 Å². The monoisotopic (exact) mass is 232 g/mol. The molecule has 0 radical (unpaired) electrons. The van der Waals surface area contributed by atoms with Gasteiger partial charge in [0.25, 0.3) is 0 Å². The molecule has 0 aromatic heterocycles. The Morgan fingerprint density at radius 1 is 1.24 bits per heavy atom. The molecular weight excluding hydrogens is 215 g/mol. The average molecular weight is 232 g/mol. The van der Waals surface area contributed by atoms with Crippen molar-refractivity contribution in [1.82, 2.24) is 0 Å². The van der Waals surface area contributed by atoms with Gasteiger partial charge in [0.2, 0.25) is 0 Å². The zero-order valence-electron chi connectivity index (χ0n) is 10.0. The average Bonchev–Trinajstić information content (AvgIpc) is 2.30. The molecule has 1 aromatic rings. The minimum atomic E-state index is -1.41. The molecule has 1 heterocycles. The summed E-state index contributed by atoms with van der Waals surface area (Å²) in [6.07, 6.45) is 3.91. The van der Waals surface area contributed by atoms with Gasteiger partial charge in [-0.05, 0) is 30.8 Å². The van der Waals surface area contributed by atoms with Gasteiger partial charge >= 0.3 is 7.12 Å². The van der Waals surface area contributed by atoms with E-state index in [-0.39, 0.29) is 0 Å². The Labute approximate surface area is 102 Å². The lowest BCUT2D eigenvalue weighted by Crippen LogP contribution is -2.34. The summed E-state index contributed by atoms with van der Waals surface area (Å²) in [5.74, 6) is 0. The summed E-state index contributed by atoms with van der Waals surface area (Å²) >= 11 is 0. The van der Waals surface area contributed by atoms with Crippen LogP contribution in [-0.2, 0) is 4.74 Å². The van der Waals surface area contributed by atoms with Crippen molar-refractivity contribution >= 4 is 18.7 Å². The largest absolute Gasteiger partial charge is 0.489 e. The predicted molar refractivity (Wildman–Crippen MR) is 69.0 cm³/mol. The van der Waals surface area contributed by atoms with Gasteiger partial charge < -0.3 is 14.8 Å². The lowest BCUT2D eigenvalue weighted by atomic mass is 9.73. The first-order valence-corrected chi connectivity index (χ1v) is 5.91. The van der Waals surface area contributed by atoms with Crippen molar-refractivity contribution in [3.8, 4) is 0 Å². The highest BCUT2D eigenvalue weighted by atomic mass is 16.5. The molecule has 90 valence electrons. The zero-order valence-corrected chi connectivity index (χ0v) is 10.0. The lowest BCUT2D eigenvalue weighted by Gasteiger charge is -2.16. The molecule has 1 aliphatic rings. The third-order valence-corrected chi connectivity index (χ3v) is 3.11. The number of aryl methyl sites for hydroxylation is 1. The zero-order chi connectivity index (χ0) is 12.3. The third kappa shape index (κ3) is 2.97. The third-order valence-electron chi connectivity index (χ3n) is 3.11. The molecule has 0 bridgehead atoms. The summed E-state index contributed by atoms with van der Waals surface area (Å²) in [6, 6.07) is 5.75. The molecule has 0 amide bonds. The van der Waals surface area contributed by atoms with Crippen LogP contribution in [0.5, 0.6) is 0 Å². The standard InChI is InChI=1S/C13H17BO3/c1-10-3-2-4-12(13(10)14(15)16)9-11-5-7-17-8-6-11/h2-4,9,15-16H,5-8H2,1H3. The van der Waals surface area contributed by atoms with Gasteiger partial charge in [-0.1, -0.05) is 35.4 Å². The summed E-state index contributed by atoms with van der Waals surface area (Å²) in [5, 5.41) is 18.8. The van der Waals surface area contributed by atoms with E-state index in [4.69, 9.17) is 4.74 Å². The molecule has 0 unspecified atom stereocenters. The second kappa shape index (κ2) is 5.49. The van der Waals surface area contributed by atoms with E-state index in [9.17, 15) is 10.0 Å². The van der Waals surface area contributed by atoms with Crippen LogP contribution in [0.1, 0.15) is 24.0 Å². The van der Waals surface area contributed by atoms with Crippen molar-refractivity contribution in [3.63, 3.8) is 0 Å². The van der Waals surface area contributed by atoms with Gasteiger partial charge in [0.1, 0.15) is 0 Å². The van der Waals surface area contributed by atoms with Gasteiger partial charge in [-0.25, -0.2) is 0 Å². The SMILES string of the molecule is Cc1cccc(C=C2CCOCC2)c1B(O)O. The van der Waals surface area contributed by atoms with E-state index in [1.807, 2.05) is 25.1 Å². The van der Waals surface area contributed by atoms with E-state index in [0.29, 0.717) is 5.46 Å². The summed E-state index contributed by atoms with van der Waals surface area (Å²) < 4.78 is 5.30. The molecule has 1 fully saturated rings. The smallest absolute Gasteiger partial charge is 0.423 e. The summed E-state index contributed by atoms with van der Waals surface area (Å²) in [6.45, 7) is 3.41. The lowest BCUT2D eigenvalue weighted by molar-refractivity contribution is 0.119. The van der Waals surface area contributed by atoms with Crippen LogP contribution in [-0.4, -0.2) is 30.4 Å². The molecule has 0 aliphatic carbocycles. The second-order valence-corrected chi connectivity index (χ2v) is 4.37. The molecule has 2 rings (SSSR count). The molecule has 1 saturated heterocycles. The molecule has 0 atom stereocenters. The van der Waals surface area contributed by atoms with Gasteiger partial charge in [-0.2, -0.15) is 0 Å². The van der Waals surface area contributed by atoms with E-state index in [1.54, 1.807) is 0 Å². The predicted octanol–water partition coefficient (Wildman–Crippen LogP) is 0.869. The first-order chi connectivity index (χ1) is 8.18. The van der Waals surface area contributed by atoms with Crippen LogP contribution in [0, 0.1) is 6.92 Å². The van der Waals surface area contributed by atoms with Crippen molar-refractivity contribution < 1.29 is 14.8 Å². The maximum Gasteiger partial charge on any atom is 0.489 e. The van der Waals surface area contributed by atoms with E-state index >= 15 is 0 Å². The highest BCUT2D eigenvalue weighted by Gasteiger charge is 2.17. The van der Waals surface area contributed by atoms with Crippen LogP contribution in [0.4, 0.5) is 0 Å². The van der Waals surface area contributed by atoms with Crippen molar-refractivity contribution in [2.75, 3.05) is 13.2 Å². The highest BCUT2D eigenvalue weighted by Crippen LogP contribution is 2.17. The van der Waals surface area contributed by atoms with Crippen LogP contribution in [0.2, 0.25) is 0 Å². The summed E-state index contributed by atoms with van der Waals surface area (Å²) in [4.78, 5) is 0. The van der Waals surface area contributed by atoms with Gasteiger partial charge in [-0.15, -0.1) is 0 Å². The first-order valence-electron chi connectivity index (χ1n) is 5.91. The van der Waals surface area contributed by atoms with Crippen molar-refractivity contribution in [2.45, 2.75) is 19.8 Å². The minimum Gasteiger partial charge on any atom is -0.423 e. The van der Waals surface area contributed by atoms with Gasteiger partial charge in [0.15, 0.2) is 0 Å². The van der Waals surface area contributed by atoms with E-state index < -0.39 is 7.12 Å². The summed E-state index contributed by atoms with van der Waals surface area (Å²) in [5.41, 5.74) is 3.72. The fraction of sp³-hybridized carbons (Fsp3) is 0.385. The van der Waals surface area contributed by atoms with Crippen molar-refractivity contribution in [3.05, 3.63) is 34.9 Å². The first kappa shape index (κ1) is 12.4. The fourth-order valence-corrected chi connectivity index (χ4v) is 2.18. The number of hydrogen-bond acceptors (Lipinski definition) is 3. The number of ether oxygens (including phenoxy) is 1. The Morgan fingerprint density at radius 2 is 1.94 bits per heavy atom. The van der Waals surface area contributed by atoms with Crippen LogP contribution in [0.3, 0.4) is 0 Å². The molecule has 3 nitrogen and oxygen atoms in total. The number of benzene rings is 1. The normalized spacial score (nSPS) is 15.8. The molecule has 4 heteroatoms. The Kier molecular flexibility index (Phi) is 4.00. The Balaban J connectivity index is 2.34. The minimum absolute atomic E-state index is 0.603. The van der Waals surface area contributed by atoms with E-state index in [1.165, 1.54) is 5.57 Å². The quantitative estimate of drug-likeness (QED) is 0.744. The Bertz CT molecular complexity index is 419. The number of hydrogen-bond donors (Lipinski definition) is 2. The molecular formula is C13H17BO3. The summed E-state index contributed by atoms with van der Waals surface area (Å²) in [7, 11) is -1.41. The van der Waals surface area contributed by atoms with Crippen LogP contribution in [0.25, 0.3) is 6.08 Å². The number of rotatable bonds is 2. The fourth-order valence-electron chi connectivity index (χ4n) is 2.18. The van der Waals surface area contributed by atoms with Gasteiger partial charge in [-0.3, -0.25) is 0 Å². The highest BCUT2D eigenvalue weighted by molar-refractivity contribution is 6.60. The Morgan fingerprint density at radius 3 is 2.59 bits per heavy atom. The topological polar surface area (TPSA) is 49.7 Å². The second-order valence-electron chi connectivity index (χ2n) is 4.37. The van der Waals surface area contributed by atoms with Crippen LogP contribution >= 0.6 is 0 Å². The maximum atomic E-state index is 9.42. The van der Waals surface area contributed by atoms with Crippen molar-refractivity contribution in [1.29, 1.82) is 0 Å². The maximum absolute atomic E-state index is 9.42. The molecule has 1 aromatic carbocycles. The van der Waals surface area contributed by atoms with Crippen LogP contribution < -0.4 is 5.46 Å². The van der Waals surface area contributed by atoms with Crippen LogP contribution in [0.15, 0.2) is 23.8 Å². The molecule has 0 spiro atoms. The van der Waals surface area contributed by atoms with E-state index in [2.05, 4.69) is 6.08 Å².